The molecule has 0 saturated heterocycles. The zero-order valence-electron chi connectivity index (χ0n) is 16.3. The summed E-state index contributed by atoms with van der Waals surface area (Å²) in [5.41, 5.74) is 4.75. The van der Waals surface area contributed by atoms with Gasteiger partial charge in [-0.2, -0.15) is 5.10 Å². The van der Waals surface area contributed by atoms with Gasteiger partial charge in [0.05, 0.1) is 17.8 Å². The monoisotopic (exact) mass is 534 g/mol. The van der Waals surface area contributed by atoms with E-state index in [1.165, 1.54) is 6.21 Å². The Balaban J connectivity index is 1.71. The first-order chi connectivity index (χ1) is 14.6. The van der Waals surface area contributed by atoms with Crippen LogP contribution < -0.4 is 14.9 Å². The first-order valence-corrected chi connectivity index (χ1v) is 10.7. The van der Waals surface area contributed by atoms with Gasteiger partial charge >= 0.3 is 0 Å². The Morgan fingerprint density at radius 1 is 1.10 bits per heavy atom. The minimum atomic E-state index is -0.290. The third-order valence-electron chi connectivity index (χ3n) is 4.04. The molecule has 0 aliphatic carbocycles. The number of halogens is 2. The van der Waals surface area contributed by atoms with E-state index in [4.69, 9.17) is 21.1 Å². The lowest BCUT2D eigenvalue weighted by Gasteiger charge is -2.14. The van der Waals surface area contributed by atoms with Crippen LogP contribution in [-0.2, 0) is 6.61 Å². The highest BCUT2D eigenvalue weighted by atomic mass is 127. The molecule has 3 aromatic rings. The summed E-state index contributed by atoms with van der Waals surface area (Å²) < 4.78 is 12.7. The molecule has 7 heteroatoms. The highest BCUT2D eigenvalue weighted by Crippen LogP contribution is 2.37. The zero-order chi connectivity index (χ0) is 21.3. The molecule has 0 fully saturated rings. The quantitative estimate of drug-likeness (QED) is 0.230. The van der Waals surface area contributed by atoms with E-state index in [9.17, 15) is 4.79 Å². The van der Waals surface area contributed by atoms with Gasteiger partial charge in [-0.3, -0.25) is 4.79 Å². The summed E-state index contributed by atoms with van der Waals surface area (Å²) in [7, 11) is 0. The van der Waals surface area contributed by atoms with Crippen LogP contribution in [0.3, 0.4) is 0 Å². The van der Waals surface area contributed by atoms with Crippen LogP contribution in [0.2, 0.25) is 5.02 Å². The van der Waals surface area contributed by atoms with Gasteiger partial charge in [0, 0.05) is 9.13 Å². The molecular weight excluding hydrogens is 515 g/mol. The third kappa shape index (κ3) is 6.21. The van der Waals surface area contributed by atoms with Gasteiger partial charge in [-0.15, -0.1) is 0 Å². The van der Waals surface area contributed by atoms with Crippen molar-refractivity contribution in [1.82, 2.24) is 5.43 Å². The molecule has 0 aliphatic heterocycles. The van der Waals surface area contributed by atoms with Crippen molar-refractivity contribution in [3.05, 3.63) is 92.0 Å². The first-order valence-electron chi connectivity index (χ1n) is 9.29. The van der Waals surface area contributed by atoms with Crippen LogP contribution in [0.15, 0.2) is 71.8 Å². The topological polar surface area (TPSA) is 59.9 Å². The summed E-state index contributed by atoms with van der Waals surface area (Å²) in [5, 5.41) is 4.43. The predicted octanol–water partition coefficient (Wildman–Crippen LogP) is 5.69. The Labute approximate surface area is 194 Å². The average molecular weight is 535 g/mol. The van der Waals surface area contributed by atoms with Crippen LogP contribution in [-0.4, -0.2) is 18.7 Å². The molecule has 0 aliphatic rings. The molecule has 0 aromatic heterocycles. The molecule has 3 rings (SSSR count). The van der Waals surface area contributed by atoms with Gasteiger partial charge in [0.2, 0.25) is 0 Å². The lowest BCUT2D eigenvalue weighted by molar-refractivity contribution is 0.0955. The molecule has 0 bridgehead atoms. The molecule has 1 N–H and O–H groups in total. The zero-order valence-corrected chi connectivity index (χ0v) is 19.2. The van der Waals surface area contributed by atoms with Crippen LogP contribution in [0.4, 0.5) is 0 Å². The predicted molar refractivity (Wildman–Crippen MR) is 128 cm³/mol. The molecule has 3 aromatic carbocycles. The summed E-state index contributed by atoms with van der Waals surface area (Å²) in [6, 6.07) is 20.5. The maximum absolute atomic E-state index is 12.2. The number of carbonyl (C=O) groups excluding carboxylic acids is 1. The van der Waals surface area contributed by atoms with Gasteiger partial charge in [-0.25, -0.2) is 5.43 Å². The summed E-state index contributed by atoms with van der Waals surface area (Å²) in [6.45, 7) is 2.72. The number of hydrogen-bond donors (Lipinski definition) is 1. The Morgan fingerprint density at radius 3 is 2.53 bits per heavy atom. The van der Waals surface area contributed by atoms with Crippen molar-refractivity contribution in [1.29, 1.82) is 0 Å². The summed E-state index contributed by atoms with van der Waals surface area (Å²) in [4.78, 5) is 12.2. The Bertz CT molecular complexity index is 1020. The van der Waals surface area contributed by atoms with Gasteiger partial charge in [-0.1, -0.05) is 41.9 Å². The van der Waals surface area contributed by atoms with Gasteiger partial charge in [0.25, 0.3) is 5.91 Å². The molecule has 30 heavy (non-hydrogen) atoms. The molecule has 1 amide bonds. The molecule has 0 radical (unpaired) electrons. The Kier molecular flexibility index (Phi) is 8.10. The van der Waals surface area contributed by atoms with Gasteiger partial charge in [0.1, 0.15) is 6.61 Å². The van der Waals surface area contributed by atoms with Gasteiger partial charge in [-0.05, 0) is 77.0 Å². The standard InChI is InChI=1S/C23H20ClIN2O3/c1-2-29-21-13-17(14-26-27-23(28)18-8-10-19(25)11-9-18)12-20(24)22(21)30-15-16-6-4-3-5-7-16/h3-14H,2,15H2,1H3,(H,27,28)/b26-14-. The van der Waals surface area contributed by atoms with E-state index >= 15 is 0 Å². The van der Waals surface area contributed by atoms with E-state index in [2.05, 4.69) is 33.1 Å². The second kappa shape index (κ2) is 11.0. The number of hydrogen-bond acceptors (Lipinski definition) is 4. The summed E-state index contributed by atoms with van der Waals surface area (Å²) in [6.07, 6.45) is 1.51. The fraction of sp³-hybridized carbons (Fsp3) is 0.130. The van der Waals surface area contributed by atoms with E-state index in [0.29, 0.717) is 40.9 Å². The van der Waals surface area contributed by atoms with Crippen LogP contribution in [0, 0.1) is 3.57 Å². The molecule has 0 unspecified atom stereocenters. The largest absolute Gasteiger partial charge is 0.490 e. The van der Waals surface area contributed by atoms with E-state index in [-0.39, 0.29) is 5.91 Å². The minimum absolute atomic E-state index is 0.290. The third-order valence-corrected chi connectivity index (χ3v) is 5.04. The fourth-order valence-corrected chi connectivity index (χ4v) is 3.26. The lowest BCUT2D eigenvalue weighted by atomic mass is 10.2. The van der Waals surface area contributed by atoms with Crippen molar-refractivity contribution in [3.8, 4) is 11.5 Å². The van der Waals surface area contributed by atoms with Crippen molar-refractivity contribution in [2.45, 2.75) is 13.5 Å². The SMILES string of the molecule is CCOc1cc(/C=N\NC(=O)c2ccc(I)cc2)cc(Cl)c1OCc1ccccc1. The van der Waals surface area contributed by atoms with Crippen LogP contribution in [0.25, 0.3) is 0 Å². The van der Waals surface area contributed by atoms with Crippen molar-refractivity contribution in [3.63, 3.8) is 0 Å². The highest BCUT2D eigenvalue weighted by molar-refractivity contribution is 14.1. The first kappa shape index (κ1) is 22.1. The van der Waals surface area contributed by atoms with Gasteiger partial charge < -0.3 is 9.47 Å². The number of rotatable bonds is 8. The minimum Gasteiger partial charge on any atom is -0.490 e. The number of nitrogens with zero attached hydrogens (tertiary/aromatic N) is 1. The Morgan fingerprint density at radius 2 is 1.83 bits per heavy atom. The van der Waals surface area contributed by atoms with Crippen molar-refractivity contribution in [2.75, 3.05) is 6.61 Å². The van der Waals surface area contributed by atoms with E-state index in [0.717, 1.165) is 9.13 Å². The van der Waals surface area contributed by atoms with E-state index in [1.54, 1.807) is 24.3 Å². The highest BCUT2D eigenvalue weighted by Gasteiger charge is 2.13. The molecule has 0 saturated carbocycles. The Hall–Kier alpha value is -2.58. The van der Waals surface area contributed by atoms with E-state index < -0.39 is 0 Å². The maximum Gasteiger partial charge on any atom is 0.271 e. The number of nitrogens with one attached hydrogen (secondary N) is 1. The summed E-state index contributed by atoms with van der Waals surface area (Å²) >= 11 is 8.62. The normalized spacial score (nSPS) is 10.8. The van der Waals surface area contributed by atoms with Crippen molar-refractivity contribution in [2.24, 2.45) is 5.10 Å². The van der Waals surface area contributed by atoms with Crippen LogP contribution >= 0.6 is 34.2 Å². The van der Waals surface area contributed by atoms with E-state index in [1.807, 2.05) is 49.4 Å². The van der Waals surface area contributed by atoms with Gasteiger partial charge in [0.15, 0.2) is 11.5 Å². The number of amides is 1. The van der Waals surface area contributed by atoms with Crippen molar-refractivity contribution < 1.29 is 14.3 Å². The summed E-state index contributed by atoms with van der Waals surface area (Å²) in [5.74, 6) is 0.704. The van der Waals surface area contributed by atoms with Crippen molar-refractivity contribution >= 4 is 46.3 Å². The second-order valence-corrected chi connectivity index (χ2v) is 7.90. The maximum atomic E-state index is 12.2. The number of carbonyl (C=O) groups is 1. The van der Waals surface area contributed by atoms with Crippen LogP contribution in [0.1, 0.15) is 28.4 Å². The smallest absolute Gasteiger partial charge is 0.271 e. The lowest BCUT2D eigenvalue weighted by Crippen LogP contribution is -2.17. The molecule has 154 valence electrons. The average Bonchev–Trinajstić information content (AvgIpc) is 2.74. The number of hydrazone groups is 1. The molecular formula is C23H20ClIN2O3. The fourth-order valence-electron chi connectivity index (χ4n) is 2.63. The van der Waals surface area contributed by atoms with Crippen LogP contribution in [0.5, 0.6) is 11.5 Å². The number of ether oxygens (including phenoxy) is 2. The molecule has 0 atom stereocenters. The molecule has 0 heterocycles. The molecule has 5 nitrogen and oxygen atoms in total. The number of benzene rings is 3. The molecule has 0 spiro atoms. The second-order valence-electron chi connectivity index (χ2n) is 6.24.